The van der Waals surface area contributed by atoms with E-state index in [1.54, 1.807) is 25.2 Å². The third-order valence-corrected chi connectivity index (χ3v) is 11.3. The number of ether oxygens (including phenoxy) is 8. The predicted molar refractivity (Wildman–Crippen MR) is 199 cm³/mol. The van der Waals surface area contributed by atoms with Crippen molar-refractivity contribution in [3.63, 3.8) is 0 Å². The van der Waals surface area contributed by atoms with Crippen molar-refractivity contribution < 1.29 is 77.8 Å². The molecule has 16 heteroatoms. The van der Waals surface area contributed by atoms with Gasteiger partial charge >= 0.3 is 11.9 Å². The van der Waals surface area contributed by atoms with E-state index in [4.69, 9.17) is 37.9 Å². The van der Waals surface area contributed by atoms with E-state index in [2.05, 4.69) is 0 Å². The van der Waals surface area contributed by atoms with Crippen molar-refractivity contribution in [2.75, 3.05) is 13.2 Å². The molecule has 16 nitrogen and oxygen atoms in total. The van der Waals surface area contributed by atoms with Gasteiger partial charge in [0.2, 0.25) is 6.29 Å². The second-order valence-electron chi connectivity index (χ2n) is 15.0. The van der Waals surface area contributed by atoms with E-state index in [9.17, 15) is 39.9 Å². The highest BCUT2D eigenvalue weighted by Gasteiger charge is 2.77. The molecule has 2 aromatic rings. The number of hydrogen-bond acceptors (Lipinski definition) is 16. The number of aliphatic hydroxyl groups excluding tert-OH is 5. The van der Waals surface area contributed by atoms with Gasteiger partial charge in [0, 0.05) is 31.3 Å². The van der Waals surface area contributed by atoms with Gasteiger partial charge in [0.1, 0.15) is 42.2 Å². The van der Waals surface area contributed by atoms with Crippen molar-refractivity contribution in [1.82, 2.24) is 0 Å². The van der Waals surface area contributed by atoms with Gasteiger partial charge in [0.15, 0.2) is 24.5 Å². The first-order valence-corrected chi connectivity index (χ1v) is 19.2. The van der Waals surface area contributed by atoms with Crippen LogP contribution < -0.4 is 0 Å². The van der Waals surface area contributed by atoms with Crippen LogP contribution in [-0.4, -0.2) is 136 Å². The smallest absolute Gasteiger partial charge is 0.331 e. The van der Waals surface area contributed by atoms with Crippen molar-refractivity contribution in [3.05, 3.63) is 96.3 Å². The Morgan fingerprint density at radius 2 is 1.45 bits per heavy atom. The SMILES string of the molecule is CC(=O)O[C@H]1[C@H](O[C@H]2[C@@H]3C=CO[C@@H](O[C@@H]4O[C@H](CO)[C@@H](O)[C@H](O)[C@H]4O)[C@@H]3[C@@]3(CO)O[C@@H]23)O[C@@H](C)[C@H](OC(=O)/C=C/c2ccccc2)[C@H]1CC(=O)/C=C/c1ccccc1. The van der Waals surface area contributed by atoms with Gasteiger partial charge in [0.05, 0.1) is 37.6 Å². The monoisotopic (exact) mass is 808 g/mol. The van der Waals surface area contributed by atoms with E-state index in [0.717, 1.165) is 11.1 Å². The highest BCUT2D eigenvalue weighted by atomic mass is 16.8. The van der Waals surface area contributed by atoms with Gasteiger partial charge in [-0.05, 0) is 36.3 Å². The summed E-state index contributed by atoms with van der Waals surface area (Å²) in [5.74, 6) is -4.10. The van der Waals surface area contributed by atoms with Crippen molar-refractivity contribution in [3.8, 4) is 0 Å². The second kappa shape index (κ2) is 17.9. The lowest BCUT2D eigenvalue weighted by Crippen LogP contribution is -2.60. The van der Waals surface area contributed by atoms with Gasteiger partial charge in [-0.15, -0.1) is 0 Å². The zero-order chi connectivity index (χ0) is 41.1. The molecule has 0 spiro atoms. The van der Waals surface area contributed by atoms with Crippen molar-refractivity contribution in [2.45, 2.75) is 99.7 Å². The molecular weight excluding hydrogens is 760 g/mol. The highest BCUT2D eigenvalue weighted by Crippen LogP contribution is 2.61. The Morgan fingerprint density at radius 1 is 0.776 bits per heavy atom. The Labute approximate surface area is 334 Å². The first-order valence-electron chi connectivity index (χ1n) is 19.2. The summed E-state index contributed by atoms with van der Waals surface area (Å²) in [5, 5.41) is 51.7. The minimum atomic E-state index is -1.72. The number of esters is 2. The minimum Gasteiger partial charge on any atom is -0.472 e. The molecule has 5 N–H and O–H groups in total. The van der Waals surface area contributed by atoms with Gasteiger partial charge in [0.25, 0.3) is 0 Å². The van der Waals surface area contributed by atoms with E-state index >= 15 is 0 Å². The van der Waals surface area contributed by atoms with E-state index in [-0.39, 0.29) is 12.2 Å². The molecule has 0 radical (unpaired) electrons. The Morgan fingerprint density at radius 3 is 2.09 bits per heavy atom. The number of benzene rings is 2. The first kappa shape index (κ1) is 41.8. The van der Waals surface area contributed by atoms with Crippen LogP contribution in [0.3, 0.4) is 0 Å². The van der Waals surface area contributed by atoms with Crippen molar-refractivity contribution in [2.24, 2.45) is 17.8 Å². The average molecular weight is 809 g/mol. The van der Waals surface area contributed by atoms with Crippen LogP contribution in [0.25, 0.3) is 12.2 Å². The Kier molecular flexibility index (Phi) is 12.9. The summed E-state index contributed by atoms with van der Waals surface area (Å²) in [5.41, 5.74) is 0.279. The highest BCUT2D eigenvalue weighted by molar-refractivity contribution is 5.94. The molecule has 4 heterocycles. The summed E-state index contributed by atoms with van der Waals surface area (Å²) >= 11 is 0. The van der Waals surface area contributed by atoms with E-state index in [1.165, 1.54) is 25.3 Å². The topological polar surface area (TPSA) is 229 Å². The van der Waals surface area contributed by atoms with Gasteiger partial charge in [-0.3, -0.25) is 9.59 Å². The fraction of sp³-hybridized carbons (Fsp3) is 0.500. The van der Waals surface area contributed by atoms with Crippen molar-refractivity contribution >= 4 is 29.9 Å². The van der Waals surface area contributed by atoms with E-state index < -0.39 is 122 Å². The van der Waals surface area contributed by atoms with Crippen LogP contribution in [0.5, 0.6) is 0 Å². The zero-order valence-electron chi connectivity index (χ0n) is 31.7. The third-order valence-electron chi connectivity index (χ3n) is 11.3. The lowest BCUT2D eigenvalue weighted by Gasteiger charge is -2.46. The zero-order valence-corrected chi connectivity index (χ0v) is 31.7. The van der Waals surface area contributed by atoms with Crippen molar-refractivity contribution in [1.29, 1.82) is 0 Å². The third kappa shape index (κ3) is 8.67. The van der Waals surface area contributed by atoms with Gasteiger partial charge < -0.3 is 63.4 Å². The van der Waals surface area contributed by atoms with Crippen LogP contribution in [-0.2, 0) is 52.3 Å². The summed E-state index contributed by atoms with van der Waals surface area (Å²) < 4.78 is 48.2. The van der Waals surface area contributed by atoms with E-state index in [0.29, 0.717) is 0 Å². The maximum atomic E-state index is 13.6. The predicted octanol–water partition coefficient (Wildman–Crippen LogP) is 1.02. The van der Waals surface area contributed by atoms with Gasteiger partial charge in [-0.25, -0.2) is 4.79 Å². The standard InChI is InChI=1S/C42H48O16/c1-22-35(55-30(47)16-14-25-11-7-4-8-12-25)28(19-26(46)15-13-24-9-5-3-6-10-24)37(53-23(2)45)41(52-22)56-36-27-17-18-51-39(31(27)42(21-44)38(36)58-42)57-40-34(50)33(49)32(48)29(20-43)54-40/h3-18,22,27-29,31-41,43-44,48-50H,19-21H2,1-2H3/b15-13+,16-14+/t22-,27+,28+,29+,31+,32+,33-,34+,35-,36-,37+,38-,39-,40-,41-,42+/m0/s1. The number of epoxide rings is 1. The maximum absolute atomic E-state index is 13.6. The molecule has 0 amide bonds. The molecule has 0 aromatic heterocycles. The molecule has 1 saturated carbocycles. The van der Waals surface area contributed by atoms with Gasteiger partial charge in [-0.1, -0.05) is 66.7 Å². The van der Waals surface area contributed by atoms with Crippen LogP contribution in [0.1, 0.15) is 31.4 Å². The Hall–Kier alpha value is -4.33. The van der Waals surface area contributed by atoms with Crippen LogP contribution in [0.15, 0.2) is 85.2 Å². The lowest BCUT2D eigenvalue weighted by atomic mass is 9.84. The summed E-state index contributed by atoms with van der Waals surface area (Å²) in [6.07, 6.45) is -6.56. The molecule has 0 bridgehead atoms. The molecule has 7 rings (SSSR count). The number of aliphatic hydroxyl groups is 5. The fourth-order valence-electron chi connectivity index (χ4n) is 8.38. The fourth-order valence-corrected chi connectivity index (χ4v) is 8.38. The Bertz CT molecular complexity index is 1830. The summed E-state index contributed by atoms with van der Waals surface area (Å²) in [6.45, 7) is 1.67. The molecule has 58 heavy (non-hydrogen) atoms. The summed E-state index contributed by atoms with van der Waals surface area (Å²) in [6, 6.07) is 18.3. The molecule has 16 atom stereocenters. The molecule has 4 fully saturated rings. The molecular formula is C42H48O16. The number of carbonyl (C=O) groups excluding carboxylic acids is 3. The quantitative estimate of drug-likeness (QED) is 0.102. The normalized spacial score (nSPS) is 39.1. The molecule has 3 saturated heterocycles. The van der Waals surface area contributed by atoms with Crippen LogP contribution >= 0.6 is 0 Å². The van der Waals surface area contributed by atoms with Crippen LogP contribution in [0.4, 0.5) is 0 Å². The largest absolute Gasteiger partial charge is 0.472 e. The number of allylic oxidation sites excluding steroid dienone is 1. The Balaban J connectivity index is 1.14. The first-order chi connectivity index (χ1) is 27.9. The second-order valence-corrected chi connectivity index (χ2v) is 15.0. The van der Waals surface area contributed by atoms with E-state index in [1.807, 2.05) is 60.7 Å². The maximum Gasteiger partial charge on any atom is 0.331 e. The average Bonchev–Trinajstić information content (AvgIpc) is 3.90. The van der Waals surface area contributed by atoms with Gasteiger partial charge in [-0.2, -0.15) is 0 Å². The molecule has 0 unspecified atom stereocenters. The number of fused-ring (bicyclic) bond motifs is 3. The van der Waals surface area contributed by atoms with Crippen LogP contribution in [0, 0.1) is 17.8 Å². The minimum absolute atomic E-state index is 0.227. The molecule has 1 aliphatic carbocycles. The molecule has 312 valence electrons. The molecule has 4 aliphatic heterocycles. The number of ketones is 1. The van der Waals surface area contributed by atoms with Crippen LogP contribution in [0.2, 0.25) is 0 Å². The summed E-state index contributed by atoms with van der Waals surface area (Å²) in [4.78, 5) is 39.6. The molecule has 2 aromatic carbocycles. The lowest BCUT2D eigenvalue weighted by molar-refractivity contribution is -0.346. The summed E-state index contributed by atoms with van der Waals surface area (Å²) in [7, 11) is 0. The number of carbonyl (C=O) groups is 3. The molecule has 5 aliphatic rings. The number of hydrogen-bond donors (Lipinski definition) is 5. The number of rotatable bonds is 14.